The van der Waals surface area contributed by atoms with E-state index in [0.717, 1.165) is 24.5 Å². The highest BCUT2D eigenvalue weighted by molar-refractivity contribution is 6.03. The molecule has 1 saturated heterocycles. The summed E-state index contributed by atoms with van der Waals surface area (Å²) in [6.45, 7) is 2.10. The number of anilines is 2. The molecule has 3 rings (SSSR count). The summed E-state index contributed by atoms with van der Waals surface area (Å²) in [5, 5.41) is 2.98. The van der Waals surface area contributed by atoms with E-state index in [9.17, 15) is 4.79 Å². The molecule has 4 nitrogen and oxygen atoms in total. The Labute approximate surface area is 136 Å². The molecular weight excluding hydrogens is 288 g/mol. The number of nitrogens with zero attached hydrogens (tertiary/aromatic N) is 1. The first-order valence-corrected chi connectivity index (χ1v) is 8.19. The van der Waals surface area contributed by atoms with Crippen molar-refractivity contribution in [2.75, 3.05) is 23.3 Å². The van der Waals surface area contributed by atoms with Crippen molar-refractivity contribution in [2.45, 2.75) is 25.7 Å². The van der Waals surface area contributed by atoms with E-state index >= 15 is 0 Å². The quantitative estimate of drug-likeness (QED) is 0.856. The van der Waals surface area contributed by atoms with Gasteiger partial charge in [-0.2, -0.15) is 0 Å². The van der Waals surface area contributed by atoms with Crippen molar-refractivity contribution in [1.29, 1.82) is 0 Å². The molecule has 120 valence electrons. The largest absolute Gasteiger partial charge is 0.465 e. The molecule has 1 aromatic carbocycles. The fourth-order valence-corrected chi connectivity index (χ4v) is 2.88. The van der Waals surface area contributed by atoms with Crippen molar-refractivity contribution in [2.24, 2.45) is 0 Å². The Morgan fingerprint density at radius 1 is 1.04 bits per heavy atom. The first-order chi connectivity index (χ1) is 11.3. The highest BCUT2D eigenvalue weighted by Crippen LogP contribution is 2.27. The van der Waals surface area contributed by atoms with Crippen LogP contribution in [0.5, 0.6) is 0 Å². The van der Waals surface area contributed by atoms with Crippen LogP contribution in [0, 0.1) is 0 Å². The third kappa shape index (κ3) is 4.25. The molecule has 0 bridgehead atoms. The number of amides is 1. The van der Waals surface area contributed by atoms with Gasteiger partial charge in [-0.1, -0.05) is 25.0 Å². The molecule has 0 atom stereocenters. The topological polar surface area (TPSA) is 45.5 Å². The Kier molecular flexibility index (Phi) is 5.14. The molecule has 0 unspecified atom stereocenters. The van der Waals surface area contributed by atoms with Crippen LogP contribution in [0.25, 0.3) is 6.08 Å². The van der Waals surface area contributed by atoms with E-state index in [4.69, 9.17) is 4.42 Å². The molecule has 0 saturated carbocycles. The number of benzene rings is 1. The first kappa shape index (κ1) is 15.4. The Bertz CT molecular complexity index is 654. The van der Waals surface area contributed by atoms with Gasteiger partial charge in [-0.05, 0) is 43.2 Å². The zero-order valence-electron chi connectivity index (χ0n) is 13.2. The summed E-state index contributed by atoms with van der Waals surface area (Å²) in [4.78, 5) is 14.5. The zero-order valence-corrected chi connectivity index (χ0v) is 13.2. The normalized spacial score (nSPS) is 15.6. The highest BCUT2D eigenvalue weighted by Gasteiger charge is 2.14. The number of para-hydroxylation sites is 2. The minimum Gasteiger partial charge on any atom is -0.465 e. The Hall–Kier alpha value is -2.49. The number of nitrogens with one attached hydrogen (secondary N) is 1. The van der Waals surface area contributed by atoms with E-state index in [-0.39, 0.29) is 5.91 Å². The minimum absolute atomic E-state index is 0.149. The summed E-state index contributed by atoms with van der Waals surface area (Å²) < 4.78 is 5.19. The van der Waals surface area contributed by atoms with Crippen LogP contribution in [-0.2, 0) is 4.79 Å². The fourth-order valence-electron chi connectivity index (χ4n) is 2.88. The molecule has 2 heterocycles. The molecular formula is C19H22N2O2. The minimum atomic E-state index is -0.149. The maximum atomic E-state index is 12.2. The summed E-state index contributed by atoms with van der Waals surface area (Å²) >= 11 is 0. The second kappa shape index (κ2) is 7.68. The molecule has 23 heavy (non-hydrogen) atoms. The third-order valence-corrected chi connectivity index (χ3v) is 4.05. The van der Waals surface area contributed by atoms with E-state index in [2.05, 4.69) is 16.3 Å². The SMILES string of the molecule is O=C(/C=C\c1ccco1)Nc1ccccc1N1CCCCCC1. The van der Waals surface area contributed by atoms with E-state index in [1.807, 2.05) is 24.3 Å². The van der Waals surface area contributed by atoms with Gasteiger partial charge in [-0.3, -0.25) is 4.79 Å². The maximum absolute atomic E-state index is 12.2. The van der Waals surface area contributed by atoms with Gasteiger partial charge in [-0.25, -0.2) is 0 Å². The average Bonchev–Trinajstić information content (AvgIpc) is 2.95. The monoisotopic (exact) mass is 310 g/mol. The average molecular weight is 310 g/mol. The van der Waals surface area contributed by atoms with Crippen molar-refractivity contribution in [1.82, 2.24) is 0 Å². The standard InChI is InChI=1S/C19H22N2O2/c22-19(12-11-16-8-7-15-23-16)20-17-9-3-4-10-18(17)21-13-5-1-2-6-14-21/h3-4,7-12,15H,1-2,5-6,13-14H2,(H,20,22)/b12-11-. The molecule has 1 aromatic heterocycles. The van der Waals surface area contributed by atoms with Crippen LogP contribution in [0.2, 0.25) is 0 Å². The van der Waals surface area contributed by atoms with Gasteiger partial charge in [0.25, 0.3) is 0 Å². The van der Waals surface area contributed by atoms with Crippen molar-refractivity contribution < 1.29 is 9.21 Å². The number of hydrogen-bond acceptors (Lipinski definition) is 3. The van der Waals surface area contributed by atoms with Gasteiger partial charge in [0.1, 0.15) is 5.76 Å². The molecule has 0 spiro atoms. The van der Waals surface area contributed by atoms with Crippen molar-refractivity contribution >= 4 is 23.4 Å². The number of rotatable bonds is 4. The number of furan rings is 1. The molecule has 2 aromatic rings. The third-order valence-electron chi connectivity index (χ3n) is 4.05. The number of hydrogen-bond donors (Lipinski definition) is 1. The van der Waals surface area contributed by atoms with Crippen LogP contribution in [0.1, 0.15) is 31.4 Å². The molecule has 1 N–H and O–H groups in total. The van der Waals surface area contributed by atoms with Crippen molar-refractivity contribution in [3.63, 3.8) is 0 Å². The van der Waals surface area contributed by atoms with Crippen molar-refractivity contribution in [3.8, 4) is 0 Å². The lowest BCUT2D eigenvalue weighted by atomic mass is 10.2. The van der Waals surface area contributed by atoms with Gasteiger partial charge < -0.3 is 14.6 Å². The van der Waals surface area contributed by atoms with Crippen LogP contribution in [0.4, 0.5) is 11.4 Å². The molecule has 1 fully saturated rings. The van der Waals surface area contributed by atoms with E-state index in [1.165, 1.54) is 31.8 Å². The smallest absolute Gasteiger partial charge is 0.248 e. The molecule has 4 heteroatoms. The molecule has 0 radical (unpaired) electrons. The lowest BCUT2D eigenvalue weighted by molar-refractivity contribution is -0.111. The summed E-state index contributed by atoms with van der Waals surface area (Å²) in [5.74, 6) is 0.518. The van der Waals surface area contributed by atoms with Crippen LogP contribution in [0.15, 0.2) is 53.2 Å². The number of carbonyl (C=O) groups is 1. The van der Waals surface area contributed by atoms with E-state index in [0.29, 0.717) is 5.76 Å². The predicted molar refractivity (Wildman–Crippen MR) is 93.5 cm³/mol. The zero-order chi connectivity index (χ0) is 15.9. The van der Waals surface area contributed by atoms with Crippen LogP contribution in [0.3, 0.4) is 0 Å². The molecule has 1 amide bonds. The summed E-state index contributed by atoms with van der Waals surface area (Å²) in [5.41, 5.74) is 1.97. The lowest BCUT2D eigenvalue weighted by Crippen LogP contribution is -2.25. The summed E-state index contributed by atoms with van der Waals surface area (Å²) in [6, 6.07) is 11.6. The highest BCUT2D eigenvalue weighted by atomic mass is 16.3. The summed E-state index contributed by atoms with van der Waals surface area (Å²) in [6.07, 6.45) is 9.75. The molecule has 1 aliphatic heterocycles. The van der Waals surface area contributed by atoms with Gasteiger partial charge in [0, 0.05) is 19.2 Å². The Balaban J connectivity index is 1.71. The predicted octanol–water partition coefficient (Wildman–Crippen LogP) is 4.31. The second-order valence-electron chi connectivity index (χ2n) is 5.76. The first-order valence-electron chi connectivity index (χ1n) is 8.19. The molecule has 1 aliphatic rings. The van der Waals surface area contributed by atoms with Crippen LogP contribution < -0.4 is 10.2 Å². The Morgan fingerprint density at radius 3 is 2.57 bits per heavy atom. The second-order valence-corrected chi connectivity index (χ2v) is 5.76. The van der Waals surface area contributed by atoms with E-state index in [1.54, 1.807) is 18.4 Å². The maximum Gasteiger partial charge on any atom is 0.248 e. The van der Waals surface area contributed by atoms with Gasteiger partial charge in [0.05, 0.1) is 17.6 Å². The van der Waals surface area contributed by atoms with Gasteiger partial charge in [0.15, 0.2) is 0 Å². The van der Waals surface area contributed by atoms with Crippen molar-refractivity contribution in [3.05, 3.63) is 54.5 Å². The van der Waals surface area contributed by atoms with Crippen LogP contribution in [-0.4, -0.2) is 19.0 Å². The van der Waals surface area contributed by atoms with Gasteiger partial charge in [0.2, 0.25) is 5.91 Å². The fraction of sp³-hybridized carbons (Fsp3) is 0.316. The lowest BCUT2D eigenvalue weighted by Gasteiger charge is -2.25. The number of carbonyl (C=O) groups excluding carboxylic acids is 1. The Morgan fingerprint density at radius 2 is 1.83 bits per heavy atom. The van der Waals surface area contributed by atoms with Gasteiger partial charge in [-0.15, -0.1) is 0 Å². The van der Waals surface area contributed by atoms with E-state index < -0.39 is 0 Å². The molecule has 0 aliphatic carbocycles. The van der Waals surface area contributed by atoms with Gasteiger partial charge >= 0.3 is 0 Å². The summed E-state index contributed by atoms with van der Waals surface area (Å²) in [7, 11) is 0. The van der Waals surface area contributed by atoms with Crippen LogP contribution >= 0.6 is 0 Å².